The van der Waals surface area contributed by atoms with Gasteiger partial charge in [-0.2, -0.15) is 0 Å². The van der Waals surface area contributed by atoms with E-state index >= 15 is 4.39 Å². The molecule has 0 saturated carbocycles. The summed E-state index contributed by atoms with van der Waals surface area (Å²) in [5.74, 6) is 0.790. The molecule has 1 aliphatic heterocycles. The van der Waals surface area contributed by atoms with E-state index in [-0.39, 0.29) is 30.2 Å². The lowest BCUT2D eigenvalue weighted by Gasteiger charge is -2.19. The number of halogens is 1. The fourth-order valence-corrected chi connectivity index (χ4v) is 6.06. The van der Waals surface area contributed by atoms with Crippen molar-refractivity contribution < 1.29 is 23.4 Å². The lowest BCUT2D eigenvalue weighted by atomic mass is 9.88. The average Bonchev–Trinajstić information content (AvgIpc) is 3.54. The van der Waals surface area contributed by atoms with E-state index in [0.29, 0.717) is 30.1 Å². The summed E-state index contributed by atoms with van der Waals surface area (Å²) in [6, 6.07) is 17.5. The number of nitrogens with zero attached hydrogens (tertiary/aromatic N) is 1. The van der Waals surface area contributed by atoms with Crippen LogP contribution in [0.15, 0.2) is 67.0 Å². The Morgan fingerprint density at radius 2 is 1.90 bits per heavy atom. The summed E-state index contributed by atoms with van der Waals surface area (Å²) in [4.78, 5) is 16.0. The zero-order valence-electron chi connectivity index (χ0n) is 22.3. The van der Waals surface area contributed by atoms with Crippen LogP contribution in [0.3, 0.4) is 0 Å². The molecule has 0 N–H and O–H groups in total. The van der Waals surface area contributed by atoms with Crippen LogP contribution in [-0.4, -0.2) is 24.7 Å². The Bertz CT molecular complexity index is 1540. The maximum atomic E-state index is 15.3. The minimum atomic E-state index is -0.388. The van der Waals surface area contributed by atoms with Crippen molar-refractivity contribution in [3.63, 3.8) is 0 Å². The zero-order valence-corrected chi connectivity index (χ0v) is 22.3. The molecule has 0 bridgehead atoms. The van der Waals surface area contributed by atoms with E-state index in [2.05, 4.69) is 37.0 Å². The molecule has 0 fully saturated rings. The van der Waals surface area contributed by atoms with E-state index in [1.807, 2.05) is 36.5 Å². The molecule has 0 saturated heterocycles. The summed E-state index contributed by atoms with van der Waals surface area (Å²) < 4.78 is 32.3. The SMILES string of the molecule is COC(=O)C[C@@H]1COc2cc(O[C@@H]3CCc4c(-c5c(C)cc(-c6cccnc6)cc5C)ccc(F)c43)ccc21. The Kier molecular flexibility index (Phi) is 6.55. The van der Waals surface area contributed by atoms with Crippen LogP contribution >= 0.6 is 0 Å². The van der Waals surface area contributed by atoms with Crippen LogP contribution in [0.25, 0.3) is 22.3 Å². The van der Waals surface area contributed by atoms with Crippen LogP contribution in [0.1, 0.15) is 52.7 Å². The maximum Gasteiger partial charge on any atom is 0.306 e. The van der Waals surface area contributed by atoms with Crippen molar-refractivity contribution in [2.75, 3.05) is 13.7 Å². The number of carbonyl (C=O) groups excluding carboxylic acids is 1. The smallest absolute Gasteiger partial charge is 0.306 e. The van der Waals surface area contributed by atoms with Gasteiger partial charge in [0.15, 0.2) is 0 Å². The Labute approximate surface area is 227 Å². The van der Waals surface area contributed by atoms with Gasteiger partial charge in [-0.1, -0.05) is 30.3 Å². The number of pyridine rings is 1. The summed E-state index contributed by atoms with van der Waals surface area (Å²) in [6.45, 7) is 4.65. The van der Waals surface area contributed by atoms with Crippen molar-refractivity contribution in [1.29, 1.82) is 0 Å². The van der Waals surface area contributed by atoms with Gasteiger partial charge in [-0.15, -0.1) is 0 Å². The number of fused-ring (bicyclic) bond motifs is 2. The van der Waals surface area contributed by atoms with Gasteiger partial charge in [0, 0.05) is 41.1 Å². The molecule has 6 rings (SSSR count). The van der Waals surface area contributed by atoms with Gasteiger partial charge in [0.25, 0.3) is 0 Å². The molecule has 0 spiro atoms. The second-order valence-corrected chi connectivity index (χ2v) is 10.3. The van der Waals surface area contributed by atoms with Crippen LogP contribution < -0.4 is 9.47 Å². The molecule has 4 aromatic rings. The number of aryl methyl sites for hydroxylation is 2. The maximum absolute atomic E-state index is 15.3. The molecule has 1 aliphatic carbocycles. The Morgan fingerprint density at radius 3 is 2.64 bits per heavy atom. The van der Waals surface area contributed by atoms with Crippen molar-refractivity contribution in [2.45, 2.75) is 45.1 Å². The number of hydrogen-bond donors (Lipinski definition) is 0. The molecular formula is C33H30FNO4. The largest absolute Gasteiger partial charge is 0.492 e. The molecule has 5 nitrogen and oxygen atoms in total. The number of aromatic nitrogens is 1. The Morgan fingerprint density at radius 1 is 1.08 bits per heavy atom. The van der Waals surface area contributed by atoms with Crippen LogP contribution in [-0.2, 0) is 16.0 Å². The topological polar surface area (TPSA) is 57.7 Å². The summed E-state index contributed by atoms with van der Waals surface area (Å²) in [5, 5.41) is 0. The van der Waals surface area contributed by atoms with Crippen molar-refractivity contribution in [2.24, 2.45) is 0 Å². The average molecular weight is 524 g/mol. The second kappa shape index (κ2) is 10.2. The third-order valence-corrected chi connectivity index (χ3v) is 7.86. The second-order valence-electron chi connectivity index (χ2n) is 10.3. The van der Waals surface area contributed by atoms with Crippen molar-refractivity contribution in [1.82, 2.24) is 4.98 Å². The van der Waals surface area contributed by atoms with Crippen molar-refractivity contribution in [3.8, 4) is 33.8 Å². The highest BCUT2D eigenvalue weighted by Gasteiger charge is 2.32. The third kappa shape index (κ3) is 4.65. The summed E-state index contributed by atoms with van der Waals surface area (Å²) in [7, 11) is 1.39. The van der Waals surface area contributed by atoms with Gasteiger partial charge in [-0.3, -0.25) is 9.78 Å². The lowest BCUT2D eigenvalue weighted by Crippen LogP contribution is -2.09. The van der Waals surface area contributed by atoms with Gasteiger partial charge in [0.2, 0.25) is 0 Å². The molecule has 1 aromatic heterocycles. The number of esters is 1. The molecule has 39 heavy (non-hydrogen) atoms. The molecule has 0 radical (unpaired) electrons. The first-order chi connectivity index (χ1) is 18.9. The van der Waals surface area contributed by atoms with Gasteiger partial charge in [-0.25, -0.2) is 4.39 Å². The lowest BCUT2D eigenvalue weighted by molar-refractivity contribution is -0.141. The first-order valence-corrected chi connectivity index (χ1v) is 13.3. The monoisotopic (exact) mass is 523 g/mol. The first kappa shape index (κ1) is 25.1. The molecule has 0 amide bonds. The third-order valence-electron chi connectivity index (χ3n) is 7.86. The van der Waals surface area contributed by atoms with Gasteiger partial charge >= 0.3 is 5.97 Å². The standard InChI is InChI=1S/C33H30FNO4/c1-19-13-22(21-5-4-12-35-17-21)14-20(2)32(19)26-8-10-28(34)33-27(26)9-11-29(33)39-24-6-7-25-23(15-31(36)37-3)18-38-30(25)16-24/h4-8,10,12-14,16-17,23,29H,9,11,15,18H2,1-3H3/t23-,29-/m1/s1. The van der Waals surface area contributed by atoms with Crippen LogP contribution in [0.4, 0.5) is 4.39 Å². The molecule has 2 heterocycles. The van der Waals surface area contributed by atoms with E-state index in [1.54, 1.807) is 12.3 Å². The van der Waals surface area contributed by atoms with Crippen LogP contribution in [0, 0.1) is 19.7 Å². The summed E-state index contributed by atoms with van der Waals surface area (Å²) in [6.07, 6.45) is 4.96. The van der Waals surface area contributed by atoms with Gasteiger partial charge in [-0.05, 0) is 78.3 Å². The number of hydrogen-bond acceptors (Lipinski definition) is 5. The van der Waals surface area contributed by atoms with Gasteiger partial charge in [0.1, 0.15) is 23.4 Å². The minimum Gasteiger partial charge on any atom is -0.492 e. The van der Waals surface area contributed by atoms with Crippen LogP contribution in [0.2, 0.25) is 0 Å². The Balaban J connectivity index is 1.29. The predicted octanol–water partition coefficient (Wildman–Crippen LogP) is 7.28. The molecule has 2 atom stereocenters. The first-order valence-electron chi connectivity index (χ1n) is 13.3. The molecule has 2 aliphatic rings. The highest BCUT2D eigenvalue weighted by molar-refractivity contribution is 5.79. The quantitative estimate of drug-likeness (QED) is 0.249. The van der Waals surface area contributed by atoms with E-state index in [0.717, 1.165) is 50.9 Å². The fourth-order valence-electron chi connectivity index (χ4n) is 6.06. The van der Waals surface area contributed by atoms with Gasteiger partial charge in [0.05, 0.1) is 20.1 Å². The van der Waals surface area contributed by atoms with Crippen molar-refractivity contribution in [3.05, 3.63) is 101 Å². The van der Waals surface area contributed by atoms with Gasteiger partial charge < -0.3 is 14.2 Å². The van der Waals surface area contributed by atoms with Crippen molar-refractivity contribution >= 4 is 5.97 Å². The number of methoxy groups -OCH3 is 1. The van der Waals surface area contributed by atoms with E-state index in [4.69, 9.17) is 14.2 Å². The molecular weight excluding hydrogens is 493 g/mol. The number of carbonyl (C=O) groups is 1. The fraction of sp³-hybridized carbons (Fsp3) is 0.273. The minimum absolute atomic E-state index is 0.0373. The Hall–Kier alpha value is -4.19. The molecule has 198 valence electrons. The predicted molar refractivity (Wildman–Crippen MR) is 148 cm³/mol. The molecule has 3 aromatic carbocycles. The van der Waals surface area contributed by atoms with E-state index in [1.165, 1.54) is 7.11 Å². The number of benzene rings is 3. The molecule has 0 unspecified atom stereocenters. The molecule has 6 heteroatoms. The van der Waals surface area contributed by atoms with E-state index in [9.17, 15) is 4.79 Å². The number of rotatable bonds is 6. The summed E-state index contributed by atoms with van der Waals surface area (Å²) >= 11 is 0. The van der Waals surface area contributed by atoms with Crippen LogP contribution in [0.5, 0.6) is 11.5 Å². The zero-order chi connectivity index (χ0) is 27.1. The normalized spacial score (nSPS) is 17.3. The highest BCUT2D eigenvalue weighted by Crippen LogP contribution is 2.45. The number of ether oxygens (including phenoxy) is 3. The summed E-state index contributed by atoms with van der Waals surface area (Å²) in [5.41, 5.74) is 9.29. The highest BCUT2D eigenvalue weighted by atomic mass is 19.1. The van der Waals surface area contributed by atoms with E-state index < -0.39 is 0 Å².